The molecule has 5 heterocycles. The highest BCUT2D eigenvalue weighted by molar-refractivity contribution is 7.22. The minimum atomic E-state index is -0.516. The maximum absolute atomic E-state index is 13.0. The predicted octanol–water partition coefficient (Wildman–Crippen LogP) is 4.20. The maximum atomic E-state index is 13.0. The van der Waals surface area contributed by atoms with Crippen molar-refractivity contribution >= 4 is 39.3 Å². The van der Waals surface area contributed by atoms with Gasteiger partial charge in [-0.05, 0) is 69.5 Å². The first-order valence-electron chi connectivity index (χ1n) is 11.6. The van der Waals surface area contributed by atoms with Crippen LogP contribution in [0.2, 0.25) is 0 Å². The summed E-state index contributed by atoms with van der Waals surface area (Å²) in [5, 5.41) is 7.57. The Bertz CT molecular complexity index is 1400. The fourth-order valence-electron chi connectivity index (χ4n) is 4.70. The quantitative estimate of drug-likeness (QED) is 0.389. The summed E-state index contributed by atoms with van der Waals surface area (Å²) >= 11 is 2.90. The third-order valence-electron chi connectivity index (χ3n) is 6.66. The number of nitrogens with two attached hydrogens (primary N) is 1. The summed E-state index contributed by atoms with van der Waals surface area (Å²) in [6.45, 7) is 9.05. The van der Waals surface area contributed by atoms with E-state index >= 15 is 0 Å². The van der Waals surface area contributed by atoms with Gasteiger partial charge in [0.05, 0.1) is 26.4 Å². The Balaban J connectivity index is 1.46. The molecule has 8 nitrogen and oxygen atoms in total. The summed E-state index contributed by atoms with van der Waals surface area (Å²) in [6.07, 6.45) is 7.36. The van der Waals surface area contributed by atoms with Crippen LogP contribution in [0.4, 0.5) is 0 Å². The molecule has 35 heavy (non-hydrogen) atoms. The molecule has 0 aromatic carbocycles. The van der Waals surface area contributed by atoms with Crippen molar-refractivity contribution in [1.29, 1.82) is 0 Å². The molecule has 5 rings (SSSR count). The average molecular weight is 509 g/mol. The molecule has 4 aromatic heterocycles. The number of thiazole rings is 1. The third kappa shape index (κ3) is 4.37. The standard InChI is InChI=1S/C25H28N6O2S2/c1-15-13-18(23(33)28-10-12-30-11-4-7-25(30,2)3)34-20(15)19-21(16-5-8-27-9-6-16)35-24-17(22(26)32)14-29-31(19)24/h5-6,8-9,13-14H,4,7,10-12H2,1-3H3,(H2,26,32)(H,28,33). The minimum absolute atomic E-state index is 0.0726. The van der Waals surface area contributed by atoms with E-state index < -0.39 is 5.91 Å². The molecule has 3 N–H and O–H groups in total. The Hall–Kier alpha value is -3.08. The van der Waals surface area contributed by atoms with E-state index in [1.54, 1.807) is 16.9 Å². The number of aryl methyl sites for hydroxylation is 1. The summed E-state index contributed by atoms with van der Waals surface area (Å²) in [4.78, 5) is 34.8. The number of rotatable bonds is 7. The number of nitrogens with one attached hydrogen (secondary N) is 1. The molecule has 10 heteroatoms. The lowest BCUT2D eigenvalue weighted by atomic mass is 10.0. The summed E-state index contributed by atoms with van der Waals surface area (Å²) in [7, 11) is 0. The topological polar surface area (TPSA) is 106 Å². The van der Waals surface area contributed by atoms with Gasteiger partial charge in [-0.1, -0.05) is 0 Å². The van der Waals surface area contributed by atoms with Crippen LogP contribution in [0.1, 0.15) is 52.3 Å². The number of hydrogen-bond donors (Lipinski definition) is 2. The van der Waals surface area contributed by atoms with E-state index in [-0.39, 0.29) is 11.4 Å². The minimum Gasteiger partial charge on any atom is -0.365 e. The van der Waals surface area contributed by atoms with Crippen LogP contribution in [-0.4, -0.2) is 56.5 Å². The van der Waals surface area contributed by atoms with Crippen molar-refractivity contribution in [3.05, 3.63) is 52.8 Å². The van der Waals surface area contributed by atoms with E-state index in [1.165, 1.54) is 41.7 Å². The fourth-order valence-corrected chi connectivity index (χ4v) is 7.11. The van der Waals surface area contributed by atoms with Crippen LogP contribution in [0.5, 0.6) is 0 Å². The number of aromatic nitrogens is 3. The van der Waals surface area contributed by atoms with Crippen molar-refractivity contribution in [3.63, 3.8) is 0 Å². The fraction of sp³-hybridized carbons (Fsp3) is 0.360. The van der Waals surface area contributed by atoms with Gasteiger partial charge in [-0.25, -0.2) is 4.52 Å². The van der Waals surface area contributed by atoms with Crippen LogP contribution in [0.15, 0.2) is 36.8 Å². The highest BCUT2D eigenvalue weighted by Crippen LogP contribution is 2.44. The summed E-state index contributed by atoms with van der Waals surface area (Å²) < 4.78 is 1.76. The number of primary amides is 1. The number of pyridine rings is 1. The van der Waals surface area contributed by atoms with Crippen LogP contribution in [-0.2, 0) is 0 Å². The Kier molecular flexibility index (Phi) is 6.20. The monoisotopic (exact) mass is 508 g/mol. The van der Waals surface area contributed by atoms with Crippen LogP contribution in [0.3, 0.4) is 0 Å². The molecular weight excluding hydrogens is 480 g/mol. The molecular formula is C25H28N6O2S2. The van der Waals surface area contributed by atoms with E-state index in [4.69, 9.17) is 5.73 Å². The van der Waals surface area contributed by atoms with Gasteiger partial charge in [0, 0.05) is 31.0 Å². The number of fused-ring (bicyclic) bond motifs is 1. The second-order valence-electron chi connectivity index (χ2n) is 9.44. The Morgan fingerprint density at radius 1 is 1.20 bits per heavy atom. The molecule has 2 amide bonds. The van der Waals surface area contributed by atoms with Crippen molar-refractivity contribution in [2.75, 3.05) is 19.6 Å². The van der Waals surface area contributed by atoms with E-state index in [0.29, 0.717) is 21.8 Å². The predicted molar refractivity (Wildman–Crippen MR) is 140 cm³/mol. The number of thiophene rings is 1. The Morgan fingerprint density at radius 2 is 1.97 bits per heavy atom. The lowest BCUT2D eigenvalue weighted by molar-refractivity contribution is 0.0943. The first-order valence-corrected chi connectivity index (χ1v) is 13.2. The lowest BCUT2D eigenvalue weighted by Gasteiger charge is -2.31. The number of amides is 2. The molecule has 4 aromatic rings. The van der Waals surface area contributed by atoms with Crippen molar-refractivity contribution in [1.82, 2.24) is 24.8 Å². The molecule has 1 aliphatic rings. The van der Waals surface area contributed by atoms with E-state index in [0.717, 1.165) is 39.7 Å². The van der Waals surface area contributed by atoms with Gasteiger partial charge in [-0.3, -0.25) is 19.5 Å². The normalized spacial score (nSPS) is 15.6. The molecule has 1 saturated heterocycles. The van der Waals surface area contributed by atoms with Gasteiger partial charge < -0.3 is 11.1 Å². The van der Waals surface area contributed by atoms with Gasteiger partial charge in [0.2, 0.25) is 0 Å². The molecule has 1 aliphatic heterocycles. The molecule has 0 unspecified atom stereocenters. The number of hydrogen-bond acceptors (Lipinski definition) is 7. The van der Waals surface area contributed by atoms with Crippen molar-refractivity contribution in [2.45, 2.75) is 39.2 Å². The molecule has 0 atom stereocenters. The van der Waals surface area contributed by atoms with Crippen LogP contribution >= 0.6 is 22.7 Å². The molecule has 182 valence electrons. The SMILES string of the molecule is Cc1cc(C(=O)NCCN2CCCC2(C)C)sc1-c1c(-c2ccncc2)sc2c(C(N)=O)cnn12. The Morgan fingerprint density at radius 3 is 2.66 bits per heavy atom. The zero-order chi connectivity index (χ0) is 24.7. The van der Waals surface area contributed by atoms with Gasteiger partial charge in [0.1, 0.15) is 10.5 Å². The number of likely N-dealkylation sites (tertiary alicyclic amines) is 1. The van der Waals surface area contributed by atoms with Gasteiger partial charge >= 0.3 is 0 Å². The Labute approximate surface area is 211 Å². The molecule has 0 aliphatic carbocycles. The zero-order valence-electron chi connectivity index (χ0n) is 20.0. The highest BCUT2D eigenvalue weighted by atomic mass is 32.1. The van der Waals surface area contributed by atoms with Gasteiger partial charge in [-0.2, -0.15) is 5.10 Å². The van der Waals surface area contributed by atoms with E-state index in [9.17, 15) is 9.59 Å². The molecule has 0 bridgehead atoms. The van der Waals surface area contributed by atoms with Crippen molar-refractivity contribution in [3.8, 4) is 21.0 Å². The first kappa shape index (κ1) is 23.7. The smallest absolute Gasteiger partial charge is 0.261 e. The van der Waals surface area contributed by atoms with Crippen LogP contribution in [0.25, 0.3) is 25.8 Å². The molecule has 0 radical (unpaired) electrons. The summed E-state index contributed by atoms with van der Waals surface area (Å²) in [5.74, 6) is -0.588. The summed E-state index contributed by atoms with van der Waals surface area (Å²) in [5.41, 5.74) is 8.97. The lowest BCUT2D eigenvalue weighted by Crippen LogP contribution is -2.42. The molecule has 0 saturated carbocycles. The first-order chi connectivity index (χ1) is 16.8. The molecule has 1 fully saturated rings. The van der Waals surface area contributed by atoms with Crippen molar-refractivity contribution < 1.29 is 9.59 Å². The van der Waals surface area contributed by atoms with E-state index in [2.05, 4.69) is 34.1 Å². The van der Waals surface area contributed by atoms with Crippen LogP contribution in [0, 0.1) is 6.92 Å². The number of carbonyl (C=O) groups excluding carboxylic acids is 2. The van der Waals surface area contributed by atoms with Gasteiger partial charge in [0.15, 0.2) is 0 Å². The van der Waals surface area contributed by atoms with Crippen LogP contribution < -0.4 is 11.1 Å². The second kappa shape index (κ2) is 9.18. The maximum Gasteiger partial charge on any atom is 0.261 e. The number of carbonyl (C=O) groups is 2. The van der Waals surface area contributed by atoms with E-state index in [1.807, 2.05) is 25.1 Å². The summed E-state index contributed by atoms with van der Waals surface area (Å²) in [6, 6.07) is 5.78. The van der Waals surface area contributed by atoms with Crippen molar-refractivity contribution in [2.24, 2.45) is 5.73 Å². The van der Waals surface area contributed by atoms with Gasteiger partial charge in [0.25, 0.3) is 11.8 Å². The largest absolute Gasteiger partial charge is 0.365 e. The molecule has 0 spiro atoms. The number of nitrogens with zero attached hydrogens (tertiary/aromatic N) is 4. The highest BCUT2D eigenvalue weighted by Gasteiger charge is 2.31. The zero-order valence-corrected chi connectivity index (χ0v) is 21.6. The average Bonchev–Trinajstić information content (AvgIpc) is 3.57. The third-order valence-corrected chi connectivity index (χ3v) is 9.12. The second-order valence-corrected chi connectivity index (χ2v) is 11.5. The van der Waals surface area contributed by atoms with Gasteiger partial charge in [-0.15, -0.1) is 22.7 Å².